The molecule has 0 aliphatic heterocycles. The molecular weight excluding hydrogens is 265 g/mol. The molecular formula is C15H15Cl2N. The molecule has 1 nitrogen and oxygen atoms in total. The van der Waals surface area contributed by atoms with Crippen LogP contribution >= 0.6 is 23.2 Å². The molecule has 94 valence electrons. The van der Waals surface area contributed by atoms with Crippen molar-refractivity contribution in [3.05, 3.63) is 69.7 Å². The molecule has 0 radical (unpaired) electrons. The third-order valence-electron chi connectivity index (χ3n) is 2.77. The van der Waals surface area contributed by atoms with E-state index in [0.29, 0.717) is 0 Å². The van der Waals surface area contributed by atoms with Gasteiger partial charge >= 0.3 is 0 Å². The maximum Gasteiger partial charge on any atom is 0.0577 e. The van der Waals surface area contributed by atoms with Crippen LogP contribution in [-0.2, 0) is 0 Å². The summed E-state index contributed by atoms with van der Waals surface area (Å²) in [5.74, 6) is 0. The number of hydrogen-bond donors (Lipinski definition) is 1. The van der Waals surface area contributed by atoms with Crippen molar-refractivity contribution in [2.75, 3.05) is 6.54 Å². The van der Waals surface area contributed by atoms with Gasteiger partial charge in [-0.25, -0.2) is 0 Å². The van der Waals surface area contributed by atoms with Crippen molar-refractivity contribution in [2.45, 2.75) is 13.0 Å². The molecule has 0 saturated heterocycles. The fourth-order valence-corrected chi connectivity index (χ4v) is 2.40. The zero-order valence-corrected chi connectivity index (χ0v) is 11.7. The first-order valence-electron chi connectivity index (χ1n) is 5.95. The maximum atomic E-state index is 6.05. The molecule has 3 heteroatoms. The van der Waals surface area contributed by atoms with Crippen molar-refractivity contribution in [2.24, 2.45) is 0 Å². The molecule has 0 aromatic heterocycles. The summed E-state index contributed by atoms with van der Waals surface area (Å²) in [5.41, 5.74) is 2.29. The van der Waals surface area contributed by atoms with Crippen molar-refractivity contribution in [3.63, 3.8) is 0 Å². The molecule has 2 aromatic rings. The number of benzene rings is 2. The van der Waals surface area contributed by atoms with Crippen LogP contribution in [0, 0.1) is 0 Å². The van der Waals surface area contributed by atoms with E-state index in [-0.39, 0.29) is 6.04 Å². The first-order chi connectivity index (χ1) is 8.70. The van der Waals surface area contributed by atoms with E-state index in [1.165, 1.54) is 0 Å². The summed E-state index contributed by atoms with van der Waals surface area (Å²) in [6.07, 6.45) is 0. The molecule has 2 rings (SSSR count). The van der Waals surface area contributed by atoms with Crippen LogP contribution in [0.15, 0.2) is 48.5 Å². The Morgan fingerprint density at radius 1 is 0.944 bits per heavy atom. The van der Waals surface area contributed by atoms with Crippen molar-refractivity contribution in [3.8, 4) is 0 Å². The van der Waals surface area contributed by atoms with Gasteiger partial charge < -0.3 is 5.32 Å². The second kappa shape index (κ2) is 6.24. The summed E-state index contributed by atoms with van der Waals surface area (Å²) in [5, 5.41) is 4.95. The first kappa shape index (κ1) is 13.4. The topological polar surface area (TPSA) is 12.0 Å². The van der Waals surface area contributed by atoms with Gasteiger partial charge in [0.25, 0.3) is 0 Å². The second-order valence-corrected chi connectivity index (χ2v) is 4.97. The van der Waals surface area contributed by atoms with Crippen molar-refractivity contribution < 1.29 is 0 Å². The maximum absolute atomic E-state index is 6.05. The summed E-state index contributed by atoms with van der Waals surface area (Å²) in [7, 11) is 0. The van der Waals surface area contributed by atoms with E-state index in [1.807, 2.05) is 36.4 Å². The van der Waals surface area contributed by atoms with Crippen LogP contribution in [0.4, 0.5) is 0 Å². The van der Waals surface area contributed by atoms with Crippen LogP contribution in [0.1, 0.15) is 24.1 Å². The number of rotatable bonds is 4. The van der Waals surface area contributed by atoms with Gasteiger partial charge in [-0.3, -0.25) is 0 Å². The summed E-state index contributed by atoms with van der Waals surface area (Å²) in [6.45, 7) is 2.96. The fourth-order valence-electron chi connectivity index (χ4n) is 2.00. The van der Waals surface area contributed by atoms with E-state index in [4.69, 9.17) is 23.2 Å². The predicted octanol–water partition coefficient (Wildman–Crippen LogP) is 4.69. The third kappa shape index (κ3) is 3.26. The lowest BCUT2D eigenvalue weighted by Crippen LogP contribution is -2.21. The highest BCUT2D eigenvalue weighted by Gasteiger charge is 2.13. The highest BCUT2D eigenvalue weighted by Crippen LogP contribution is 2.26. The van der Waals surface area contributed by atoms with Gasteiger partial charge in [0.05, 0.1) is 6.04 Å². The van der Waals surface area contributed by atoms with Gasteiger partial charge in [-0.2, -0.15) is 0 Å². The van der Waals surface area contributed by atoms with E-state index in [9.17, 15) is 0 Å². The predicted molar refractivity (Wildman–Crippen MR) is 78.4 cm³/mol. The summed E-state index contributed by atoms with van der Waals surface area (Å²) >= 11 is 12.1. The van der Waals surface area contributed by atoms with Crippen LogP contribution in [0.25, 0.3) is 0 Å². The van der Waals surface area contributed by atoms with Gasteiger partial charge in [0.1, 0.15) is 0 Å². The molecule has 2 aromatic carbocycles. The van der Waals surface area contributed by atoms with Crippen LogP contribution in [0.3, 0.4) is 0 Å². The number of halogens is 2. The SMILES string of the molecule is CCNC(c1cccc(Cl)c1)c1cccc(Cl)c1. The number of hydrogen-bond acceptors (Lipinski definition) is 1. The van der Waals surface area contributed by atoms with Gasteiger partial charge in [-0.05, 0) is 41.9 Å². The van der Waals surface area contributed by atoms with Gasteiger partial charge in [0.15, 0.2) is 0 Å². The van der Waals surface area contributed by atoms with E-state index in [2.05, 4.69) is 24.4 Å². The van der Waals surface area contributed by atoms with Gasteiger partial charge in [0, 0.05) is 10.0 Å². The Morgan fingerprint density at radius 3 is 1.83 bits per heavy atom. The Bertz CT molecular complexity index is 480. The first-order valence-corrected chi connectivity index (χ1v) is 6.70. The molecule has 0 amide bonds. The number of nitrogens with one attached hydrogen (secondary N) is 1. The summed E-state index contributed by atoms with van der Waals surface area (Å²) in [4.78, 5) is 0. The minimum atomic E-state index is 0.118. The second-order valence-electron chi connectivity index (χ2n) is 4.10. The molecule has 0 unspecified atom stereocenters. The lowest BCUT2D eigenvalue weighted by Gasteiger charge is -2.19. The molecule has 0 aliphatic carbocycles. The van der Waals surface area contributed by atoms with E-state index in [1.54, 1.807) is 0 Å². The minimum absolute atomic E-state index is 0.118. The zero-order chi connectivity index (χ0) is 13.0. The fraction of sp³-hybridized carbons (Fsp3) is 0.200. The summed E-state index contributed by atoms with van der Waals surface area (Å²) < 4.78 is 0. The van der Waals surface area contributed by atoms with E-state index >= 15 is 0 Å². The van der Waals surface area contributed by atoms with Crippen LogP contribution in [0.5, 0.6) is 0 Å². The van der Waals surface area contributed by atoms with E-state index in [0.717, 1.165) is 27.7 Å². The molecule has 0 heterocycles. The molecule has 0 saturated carbocycles. The van der Waals surface area contributed by atoms with Gasteiger partial charge in [-0.15, -0.1) is 0 Å². The van der Waals surface area contributed by atoms with Crippen molar-refractivity contribution in [1.82, 2.24) is 5.32 Å². The Hall–Kier alpha value is -1.02. The van der Waals surface area contributed by atoms with E-state index < -0.39 is 0 Å². The monoisotopic (exact) mass is 279 g/mol. The molecule has 0 spiro atoms. The molecule has 0 atom stereocenters. The van der Waals surface area contributed by atoms with Crippen LogP contribution in [-0.4, -0.2) is 6.54 Å². The smallest absolute Gasteiger partial charge is 0.0577 e. The third-order valence-corrected chi connectivity index (χ3v) is 3.24. The van der Waals surface area contributed by atoms with Crippen LogP contribution in [0.2, 0.25) is 10.0 Å². The van der Waals surface area contributed by atoms with Gasteiger partial charge in [-0.1, -0.05) is 54.4 Å². The van der Waals surface area contributed by atoms with Crippen molar-refractivity contribution in [1.29, 1.82) is 0 Å². The Labute approximate surface area is 118 Å². The lowest BCUT2D eigenvalue weighted by atomic mass is 9.99. The highest BCUT2D eigenvalue weighted by molar-refractivity contribution is 6.31. The van der Waals surface area contributed by atoms with Crippen LogP contribution < -0.4 is 5.32 Å². The Morgan fingerprint density at radius 2 is 1.44 bits per heavy atom. The van der Waals surface area contributed by atoms with Crippen molar-refractivity contribution >= 4 is 23.2 Å². The Kier molecular flexibility index (Phi) is 4.65. The summed E-state index contributed by atoms with van der Waals surface area (Å²) in [6, 6.07) is 15.9. The normalized spacial score (nSPS) is 10.9. The Balaban J connectivity index is 2.39. The minimum Gasteiger partial charge on any atom is -0.307 e. The zero-order valence-electron chi connectivity index (χ0n) is 10.2. The molecule has 1 N–H and O–H groups in total. The average molecular weight is 280 g/mol. The molecule has 0 aliphatic rings. The largest absolute Gasteiger partial charge is 0.307 e. The highest BCUT2D eigenvalue weighted by atomic mass is 35.5. The standard InChI is InChI=1S/C15H15Cl2N/c1-2-18-15(11-5-3-7-13(16)9-11)12-6-4-8-14(17)10-12/h3-10,15,18H,2H2,1H3. The molecule has 0 bridgehead atoms. The van der Waals surface area contributed by atoms with Gasteiger partial charge in [0.2, 0.25) is 0 Å². The molecule has 18 heavy (non-hydrogen) atoms. The molecule has 0 fully saturated rings. The average Bonchev–Trinajstić information content (AvgIpc) is 2.36. The quantitative estimate of drug-likeness (QED) is 0.856. The lowest BCUT2D eigenvalue weighted by molar-refractivity contribution is 0.631.